The molecule has 3 aromatic rings. The van der Waals surface area contributed by atoms with Crippen molar-refractivity contribution in [3.63, 3.8) is 0 Å². The third-order valence-corrected chi connectivity index (χ3v) is 8.05. The van der Waals surface area contributed by atoms with E-state index in [1.54, 1.807) is 36.4 Å². The number of carbonyl (C=O) groups is 1. The number of anilines is 1. The average Bonchev–Trinajstić information content (AvgIpc) is 2.97. The molecule has 1 aliphatic heterocycles. The van der Waals surface area contributed by atoms with E-state index in [-0.39, 0.29) is 5.56 Å². The molecular formula is C29H33F3N4O5S. The highest BCUT2D eigenvalue weighted by atomic mass is 32.2. The third kappa shape index (κ3) is 8.58. The van der Waals surface area contributed by atoms with Gasteiger partial charge in [-0.1, -0.05) is 12.1 Å². The predicted molar refractivity (Wildman–Crippen MR) is 153 cm³/mol. The molecule has 13 heteroatoms. The summed E-state index contributed by atoms with van der Waals surface area (Å²) >= 11 is 0. The van der Waals surface area contributed by atoms with E-state index < -0.39 is 34.3 Å². The number of hydrogen-bond donors (Lipinski definition) is 1. The number of piperazine rings is 1. The maximum atomic E-state index is 12.3. The number of aromatic nitrogens is 1. The molecule has 0 aliphatic carbocycles. The summed E-state index contributed by atoms with van der Waals surface area (Å²) in [6, 6.07) is 14.4. The Morgan fingerprint density at radius 1 is 1.00 bits per heavy atom. The molecule has 1 amide bonds. The molecule has 0 atom stereocenters. The number of benzene rings is 2. The molecule has 1 aromatic heterocycles. The number of rotatable bonds is 11. The van der Waals surface area contributed by atoms with Crippen molar-refractivity contribution in [2.75, 3.05) is 50.5 Å². The third-order valence-electron chi connectivity index (χ3n) is 6.81. The number of amides is 1. The molecule has 1 N–H and O–H groups in total. The van der Waals surface area contributed by atoms with Gasteiger partial charge < -0.3 is 14.4 Å². The first kappa shape index (κ1) is 31.1. The first-order chi connectivity index (χ1) is 20.0. The number of nitrogens with one attached hydrogen (secondary N) is 1. The maximum absolute atomic E-state index is 12.3. The lowest BCUT2D eigenvalue weighted by Gasteiger charge is -2.36. The smallest absolute Gasteiger partial charge is 0.390 e. The molecule has 226 valence electrons. The van der Waals surface area contributed by atoms with Crippen molar-refractivity contribution < 1.29 is 35.9 Å². The second-order valence-electron chi connectivity index (χ2n) is 9.79. The van der Waals surface area contributed by atoms with Gasteiger partial charge in [0.15, 0.2) is 0 Å². The van der Waals surface area contributed by atoms with Crippen LogP contribution in [0.25, 0.3) is 11.1 Å². The highest BCUT2D eigenvalue weighted by molar-refractivity contribution is 7.90. The summed E-state index contributed by atoms with van der Waals surface area (Å²) in [5, 5.41) is 0. The Hall–Kier alpha value is -3.84. The lowest BCUT2D eigenvalue weighted by atomic mass is 10.0. The van der Waals surface area contributed by atoms with Gasteiger partial charge in [0, 0.05) is 61.3 Å². The van der Waals surface area contributed by atoms with Crippen LogP contribution in [0.4, 0.5) is 18.9 Å². The van der Waals surface area contributed by atoms with Crippen LogP contribution in [0.5, 0.6) is 11.5 Å². The highest BCUT2D eigenvalue weighted by Gasteiger charge is 2.30. The minimum Gasteiger partial charge on any atom is -0.496 e. The van der Waals surface area contributed by atoms with Crippen LogP contribution in [0.15, 0.2) is 60.9 Å². The van der Waals surface area contributed by atoms with E-state index in [0.29, 0.717) is 18.9 Å². The zero-order valence-corrected chi connectivity index (χ0v) is 24.2. The van der Waals surface area contributed by atoms with Crippen LogP contribution in [0.2, 0.25) is 0 Å². The Labute approximate surface area is 243 Å². The van der Waals surface area contributed by atoms with Gasteiger partial charge in [-0.3, -0.25) is 14.7 Å². The second kappa shape index (κ2) is 13.4. The lowest BCUT2D eigenvalue weighted by Crippen LogP contribution is -2.46. The monoisotopic (exact) mass is 606 g/mol. The number of ether oxygens (including phenoxy) is 2. The SMILES string of the molecule is CCOc1cncc(-c2ccc(CN3CCN(c4ccc(C(=O)NS(=O)(=O)CCC(F)(F)F)cc4)CC3)c(OC)c2)c1. The van der Waals surface area contributed by atoms with Crippen LogP contribution < -0.4 is 19.1 Å². The van der Waals surface area contributed by atoms with Crippen LogP contribution in [-0.2, 0) is 16.6 Å². The number of alkyl halides is 3. The van der Waals surface area contributed by atoms with E-state index in [4.69, 9.17) is 9.47 Å². The van der Waals surface area contributed by atoms with Crippen molar-refractivity contribution in [1.82, 2.24) is 14.6 Å². The molecule has 1 fully saturated rings. The molecule has 0 spiro atoms. The number of halogens is 3. The highest BCUT2D eigenvalue weighted by Crippen LogP contribution is 2.30. The summed E-state index contributed by atoms with van der Waals surface area (Å²) in [7, 11) is -2.75. The molecule has 2 heterocycles. The summed E-state index contributed by atoms with van der Waals surface area (Å²) in [6.45, 7) is 6.22. The number of sulfonamides is 1. The number of nitrogens with zero attached hydrogens (tertiary/aromatic N) is 3. The molecule has 0 bridgehead atoms. The minimum absolute atomic E-state index is 0.0453. The zero-order valence-electron chi connectivity index (χ0n) is 23.4. The summed E-state index contributed by atoms with van der Waals surface area (Å²) in [6.07, 6.45) is -2.69. The number of carbonyl (C=O) groups excluding carboxylic acids is 1. The topological polar surface area (TPSA) is 101 Å². The number of hydrogen-bond acceptors (Lipinski definition) is 8. The Bertz CT molecular complexity index is 1480. The van der Waals surface area contributed by atoms with E-state index in [1.807, 2.05) is 25.1 Å². The quantitative estimate of drug-likeness (QED) is 0.341. The largest absolute Gasteiger partial charge is 0.496 e. The fourth-order valence-electron chi connectivity index (χ4n) is 4.61. The van der Waals surface area contributed by atoms with Crippen molar-refractivity contribution in [3.05, 3.63) is 72.1 Å². The van der Waals surface area contributed by atoms with Gasteiger partial charge in [-0.25, -0.2) is 13.1 Å². The molecule has 2 aromatic carbocycles. The van der Waals surface area contributed by atoms with Crippen molar-refractivity contribution in [2.45, 2.75) is 26.1 Å². The van der Waals surface area contributed by atoms with Crippen LogP contribution in [0.1, 0.15) is 29.3 Å². The molecule has 9 nitrogen and oxygen atoms in total. The molecule has 1 aliphatic rings. The van der Waals surface area contributed by atoms with Gasteiger partial charge in [-0.05, 0) is 48.9 Å². The fourth-order valence-corrected chi connectivity index (χ4v) is 5.61. The first-order valence-corrected chi connectivity index (χ1v) is 15.1. The zero-order chi connectivity index (χ0) is 30.3. The number of pyridine rings is 1. The Morgan fingerprint density at radius 3 is 2.36 bits per heavy atom. The van der Waals surface area contributed by atoms with Crippen LogP contribution >= 0.6 is 0 Å². The van der Waals surface area contributed by atoms with Crippen LogP contribution in [0, 0.1) is 0 Å². The van der Waals surface area contributed by atoms with Crippen LogP contribution in [0.3, 0.4) is 0 Å². The maximum Gasteiger partial charge on any atom is 0.390 e. The molecule has 42 heavy (non-hydrogen) atoms. The fraction of sp³-hybridized carbons (Fsp3) is 0.379. The minimum atomic E-state index is -4.63. The van der Waals surface area contributed by atoms with Gasteiger partial charge in [0.25, 0.3) is 5.91 Å². The van der Waals surface area contributed by atoms with Gasteiger partial charge in [-0.15, -0.1) is 0 Å². The number of methoxy groups -OCH3 is 1. The Morgan fingerprint density at radius 2 is 1.71 bits per heavy atom. The second-order valence-corrected chi connectivity index (χ2v) is 11.6. The summed E-state index contributed by atoms with van der Waals surface area (Å²) < 4.78 is 73.7. The van der Waals surface area contributed by atoms with E-state index in [0.717, 1.165) is 54.3 Å². The lowest BCUT2D eigenvalue weighted by molar-refractivity contribution is -0.130. The molecule has 4 rings (SSSR count). The van der Waals surface area contributed by atoms with E-state index >= 15 is 0 Å². The molecule has 1 saturated heterocycles. The first-order valence-electron chi connectivity index (χ1n) is 13.4. The molecular weight excluding hydrogens is 573 g/mol. The van der Waals surface area contributed by atoms with E-state index in [1.165, 1.54) is 12.1 Å². The Balaban J connectivity index is 1.32. The average molecular weight is 607 g/mol. The van der Waals surface area contributed by atoms with Crippen molar-refractivity contribution in [3.8, 4) is 22.6 Å². The standard InChI is InChI=1S/C29H33F3N4O5S/c1-3-41-26-16-24(18-33-19-26)22-4-5-23(27(17-22)40-2)20-35-11-13-36(14-12-35)25-8-6-21(7-9-25)28(37)34-42(38,39)15-10-29(30,31)32/h4-9,16-19H,3,10-15,20H2,1-2H3,(H,34,37). The molecule has 0 unspecified atom stereocenters. The van der Waals surface area contributed by atoms with Crippen molar-refractivity contribution in [1.29, 1.82) is 0 Å². The van der Waals surface area contributed by atoms with Gasteiger partial charge in [-0.2, -0.15) is 13.2 Å². The summed E-state index contributed by atoms with van der Waals surface area (Å²) in [4.78, 5) is 21.0. The van der Waals surface area contributed by atoms with Crippen molar-refractivity contribution >= 4 is 21.6 Å². The van der Waals surface area contributed by atoms with E-state index in [9.17, 15) is 26.4 Å². The van der Waals surface area contributed by atoms with Gasteiger partial charge >= 0.3 is 6.18 Å². The Kier molecular flexibility index (Phi) is 9.94. The normalized spacial score (nSPS) is 14.5. The molecule has 0 radical (unpaired) electrons. The van der Waals surface area contributed by atoms with Crippen LogP contribution in [-0.4, -0.2) is 76.0 Å². The summed E-state index contributed by atoms with van der Waals surface area (Å²) in [5.74, 6) is -0.681. The van der Waals surface area contributed by atoms with Crippen molar-refractivity contribution in [2.24, 2.45) is 0 Å². The summed E-state index contributed by atoms with van der Waals surface area (Å²) in [5.41, 5.74) is 3.88. The predicted octanol–water partition coefficient (Wildman–Crippen LogP) is 4.49. The van der Waals surface area contributed by atoms with Gasteiger partial charge in [0.05, 0.1) is 32.1 Å². The molecule has 0 saturated carbocycles. The van der Waals surface area contributed by atoms with Gasteiger partial charge in [0.1, 0.15) is 11.5 Å². The van der Waals surface area contributed by atoms with E-state index in [2.05, 4.69) is 20.9 Å². The van der Waals surface area contributed by atoms with Gasteiger partial charge in [0.2, 0.25) is 10.0 Å².